The van der Waals surface area contributed by atoms with Crippen molar-refractivity contribution in [2.45, 2.75) is 12.8 Å². The van der Waals surface area contributed by atoms with E-state index in [-0.39, 0.29) is 12.4 Å². The van der Waals surface area contributed by atoms with Crippen LogP contribution in [0.2, 0.25) is 0 Å². The molecule has 0 saturated carbocycles. The molecule has 0 amide bonds. The van der Waals surface area contributed by atoms with Crippen LogP contribution in [-0.4, -0.2) is 25.7 Å². The van der Waals surface area contributed by atoms with Crippen LogP contribution in [0.3, 0.4) is 0 Å². The average molecular weight is 389 g/mol. The first-order valence-corrected chi connectivity index (χ1v) is 9.21. The van der Waals surface area contributed by atoms with Gasteiger partial charge in [-0.05, 0) is 48.7 Å². The van der Waals surface area contributed by atoms with E-state index in [1.54, 1.807) is 25.6 Å². The molecule has 0 radical (unpaired) electrons. The van der Waals surface area contributed by atoms with Crippen molar-refractivity contribution in [3.05, 3.63) is 47.3 Å². The smallest absolute Gasteiger partial charge is 0.161 e. The Balaban J connectivity index is 0.00000196. The lowest BCUT2D eigenvalue weighted by atomic mass is 10.00. The largest absolute Gasteiger partial charge is 0.493 e. The Bertz CT molecular complexity index is 857. The molecule has 1 N–H and O–H groups in total. The van der Waals surface area contributed by atoms with Crippen molar-refractivity contribution in [3.8, 4) is 33.3 Å². The molecule has 4 nitrogen and oxygen atoms in total. The number of nitrogens with one attached hydrogen (secondary N) is 1. The summed E-state index contributed by atoms with van der Waals surface area (Å²) in [6.45, 7) is 1.06. The molecule has 0 spiro atoms. The van der Waals surface area contributed by atoms with Crippen LogP contribution in [0, 0.1) is 0 Å². The van der Waals surface area contributed by atoms with Crippen molar-refractivity contribution in [1.29, 1.82) is 0 Å². The van der Waals surface area contributed by atoms with Crippen molar-refractivity contribution in [2.24, 2.45) is 0 Å². The van der Waals surface area contributed by atoms with Gasteiger partial charge in [0.15, 0.2) is 11.5 Å². The van der Waals surface area contributed by atoms with Gasteiger partial charge in [-0.2, -0.15) is 0 Å². The topological polar surface area (TPSA) is 43.4 Å². The fourth-order valence-electron chi connectivity index (χ4n) is 3.14. The van der Waals surface area contributed by atoms with Gasteiger partial charge < -0.3 is 14.8 Å². The molecule has 0 unspecified atom stereocenters. The minimum Gasteiger partial charge on any atom is -0.493 e. The van der Waals surface area contributed by atoms with Gasteiger partial charge in [-0.15, -0.1) is 23.7 Å². The van der Waals surface area contributed by atoms with E-state index in [1.807, 2.05) is 18.2 Å². The second kappa shape index (κ2) is 7.98. The Morgan fingerprint density at radius 2 is 1.81 bits per heavy atom. The standard InChI is InChI=1S/C20H20N2O2S.ClH/c1-23-18-8-6-15(11-19(18)24-2)20-22-17(12-25-20)14-5-7-16-13(10-14)4-3-9-21-16;/h5-8,10-12,21H,3-4,9H2,1-2H3;1H. The van der Waals surface area contributed by atoms with Crippen molar-refractivity contribution < 1.29 is 9.47 Å². The van der Waals surface area contributed by atoms with Gasteiger partial charge in [0.25, 0.3) is 0 Å². The number of hydrogen-bond donors (Lipinski definition) is 1. The lowest BCUT2D eigenvalue weighted by Gasteiger charge is -2.18. The zero-order valence-electron chi connectivity index (χ0n) is 14.7. The SMILES string of the molecule is COc1ccc(-c2nc(-c3ccc4c(c3)CCCN4)cs2)cc1OC.Cl. The second-order valence-corrected chi connectivity index (χ2v) is 6.87. The van der Waals surface area contributed by atoms with E-state index >= 15 is 0 Å². The third-order valence-electron chi connectivity index (χ3n) is 4.47. The number of methoxy groups -OCH3 is 2. The number of ether oxygens (including phenoxy) is 2. The molecule has 26 heavy (non-hydrogen) atoms. The zero-order chi connectivity index (χ0) is 17.2. The van der Waals surface area contributed by atoms with Gasteiger partial charge in [-0.1, -0.05) is 6.07 Å². The van der Waals surface area contributed by atoms with Gasteiger partial charge in [0, 0.05) is 28.7 Å². The van der Waals surface area contributed by atoms with Gasteiger partial charge in [0.05, 0.1) is 19.9 Å². The monoisotopic (exact) mass is 388 g/mol. The summed E-state index contributed by atoms with van der Waals surface area (Å²) >= 11 is 1.64. The summed E-state index contributed by atoms with van der Waals surface area (Å²) < 4.78 is 10.7. The number of fused-ring (bicyclic) bond motifs is 1. The first-order valence-electron chi connectivity index (χ1n) is 8.33. The molecule has 1 aliphatic heterocycles. The number of rotatable bonds is 4. The van der Waals surface area contributed by atoms with E-state index < -0.39 is 0 Å². The Kier molecular flexibility index (Phi) is 5.69. The van der Waals surface area contributed by atoms with Crippen molar-refractivity contribution in [1.82, 2.24) is 4.98 Å². The van der Waals surface area contributed by atoms with Gasteiger partial charge in [-0.25, -0.2) is 4.98 Å². The summed E-state index contributed by atoms with van der Waals surface area (Å²) in [5, 5.41) is 6.55. The molecule has 0 atom stereocenters. The number of anilines is 1. The molecular formula is C20H21ClN2O2S. The van der Waals surface area contributed by atoms with Crippen LogP contribution in [0.4, 0.5) is 5.69 Å². The Morgan fingerprint density at radius 1 is 1.00 bits per heavy atom. The van der Waals surface area contributed by atoms with E-state index in [2.05, 4.69) is 28.9 Å². The summed E-state index contributed by atoms with van der Waals surface area (Å²) in [5.74, 6) is 1.45. The van der Waals surface area contributed by atoms with Crippen LogP contribution in [0.25, 0.3) is 21.8 Å². The van der Waals surface area contributed by atoms with Crippen molar-refractivity contribution in [3.63, 3.8) is 0 Å². The first-order chi connectivity index (χ1) is 12.3. The number of nitrogens with zero attached hydrogens (tertiary/aromatic N) is 1. The predicted octanol–water partition coefficient (Wildman–Crippen LogP) is 5.27. The minimum atomic E-state index is 0. The number of aryl methyl sites for hydroxylation is 1. The molecule has 2 aromatic carbocycles. The summed E-state index contributed by atoms with van der Waals surface area (Å²) in [6, 6.07) is 12.5. The maximum absolute atomic E-state index is 5.40. The van der Waals surface area contributed by atoms with Crippen LogP contribution in [-0.2, 0) is 6.42 Å². The average Bonchev–Trinajstić information content (AvgIpc) is 3.17. The summed E-state index contributed by atoms with van der Waals surface area (Å²) in [4.78, 5) is 4.83. The van der Waals surface area contributed by atoms with Crippen LogP contribution < -0.4 is 14.8 Å². The number of hydrogen-bond acceptors (Lipinski definition) is 5. The highest BCUT2D eigenvalue weighted by Gasteiger charge is 2.13. The highest BCUT2D eigenvalue weighted by Crippen LogP contribution is 2.36. The first kappa shape index (κ1) is 18.5. The lowest BCUT2D eigenvalue weighted by molar-refractivity contribution is 0.355. The van der Waals surface area contributed by atoms with Crippen molar-refractivity contribution in [2.75, 3.05) is 26.1 Å². The second-order valence-electron chi connectivity index (χ2n) is 6.01. The maximum atomic E-state index is 5.40. The van der Waals surface area contributed by atoms with Gasteiger partial charge in [0.2, 0.25) is 0 Å². The van der Waals surface area contributed by atoms with E-state index in [9.17, 15) is 0 Å². The zero-order valence-corrected chi connectivity index (χ0v) is 16.4. The molecule has 0 saturated heterocycles. The summed E-state index contributed by atoms with van der Waals surface area (Å²) in [5.41, 5.74) is 5.86. The number of benzene rings is 2. The molecule has 136 valence electrons. The predicted molar refractivity (Wildman–Crippen MR) is 110 cm³/mol. The van der Waals surface area contributed by atoms with E-state index in [1.165, 1.54) is 23.2 Å². The van der Waals surface area contributed by atoms with E-state index in [0.29, 0.717) is 0 Å². The molecular weight excluding hydrogens is 368 g/mol. The highest BCUT2D eigenvalue weighted by molar-refractivity contribution is 7.13. The van der Waals surface area contributed by atoms with Gasteiger partial charge >= 0.3 is 0 Å². The van der Waals surface area contributed by atoms with Gasteiger partial charge in [-0.3, -0.25) is 0 Å². The molecule has 0 fully saturated rings. The third kappa shape index (κ3) is 3.50. The van der Waals surface area contributed by atoms with Crippen LogP contribution in [0.5, 0.6) is 11.5 Å². The number of aromatic nitrogens is 1. The van der Waals surface area contributed by atoms with E-state index in [4.69, 9.17) is 14.5 Å². The molecule has 4 rings (SSSR count). The summed E-state index contributed by atoms with van der Waals surface area (Å²) in [7, 11) is 3.29. The third-order valence-corrected chi connectivity index (χ3v) is 5.37. The molecule has 3 aromatic rings. The fourth-order valence-corrected chi connectivity index (χ4v) is 3.97. The van der Waals surface area contributed by atoms with Crippen LogP contribution in [0.1, 0.15) is 12.0 Å². The highest BCUT2D eigenvalue weighted by atomic mass is 35.5. The molecule has 1 aromatic heterocycles. The molecule has 6 heteroatoms. The van der Waals surface area contributed by atoms with Crippen molar-refractivity contribution >= 4 is 29.4 Å². The summed E-state index contributed by atoms with van der Waals surface area (Å²) in [6.07, 6.45) is 2.31. The lowest BCUT2D eigenvalue weighted by Crippen LogP contribution is -2.11. The minimum absolute atomic E-state index is 0. The number of halogens is 1. The Morgan fingerprint density at radius 3 is 2.62 bits per heavy atom. The Labute approximate surface area is 163 Å². The van der Waals surface area contributed by atoms with E-state index in [0.717, 1.165) is 40.7 Å². The molecule has 1 aliphatic rings. The van der Waals surface area contributed by atoms with Gasteiger partial charge in [0.1, 0.15) is 5.01 Å². The van der Waals surface area contributed by atoms with Crippen LogP contribution >= 0.6 is 23.7 Å². The normalized spacial score (nSPS) is 12.5. The molecule has 2 heterocycles. The fraction of sp³-hybridized carbons (Fsp3) is 0.250. The van der Waals surface area contributed by atoms with Crippen LogP contribution in [0.15, 0.2) is 41.8 Å². The Hall–Kier alpha value is -2.24. The molecule has 0 bridgehead atoms. The molecule has 0 aliphatic carbocycles. The maximum Gasteiger partial charge on any atom is 0.161 e. The number of thiazole rings is 1. The quantitative estimate of drug-likeness (QED) is 0.660.